The lowest BCUT2D eigenvalue weighted by Gasteiger charge is -2.11. The van der Waals surface area contributed by atoms with Crippen molar-refractivity contribution >= 4 is 49.9 Å². The van der Waals surface area contributed by atoms with Gasteiger partial charge in [-0.15, -0.1) is 0 Å². The fourth-order valence-corrected chi connectivity index (χ4v) is 2.89. The van der Waals surface area contributed by atoms with Crippen LogP contribution in [0.5, 0.6) is 0 Å². The van der Waals surface area contributed by atoms with Crippen molar-refractivity contribution in [2.45, 2.75) is 13.8 Å². The maximum absolute atomic E-state index is 11.9. The Morgan fingerprint density at radius 2 is 1.71 bits per heavy atom. The lowest BCUT2D eigenvalue weighted by Crippen LogP contribution is -2.06. The van der Waals surface area contributed by atoms with Gasteiger partial charge in [-0.3, -0.25) is 9.59 Å². The molecule has 120 valence electrons. The van der Waals surface area contributed by atoms with Gasteiger partial charge in [0.1, 0.15) is 12.1 Å². The van der Waals surface area contributed by atoms with Crippen molar-refractivity contribution in [2.75, 3.05) is 5.32 Å². The van der Waals surface area contributed by atoms with Gasteiger partial charge in [-0.1, -0.05) is 22.0 Å². The molecule has 0 unspecified atom stereocenters. The number of anilines is 2. The van der Waals surface area contributed by atoms with Crippen LogP contribution in [0.25, 0.3) is 10.9 Å². The van der Waals surface area contributed by atoms with Crippen molar-refractivity contribution in [3.63, 3.8) is 0 Å². The molecule has 5 nitrogen and oxygen atoms in total. The Labute approximate surface area is 147 Å². The van der Waals surface area contributed by atoms with E-state index >= 15 is 0 Å². The minimum absolute atomic E-state index is 0.165. The van der Waals surface area contributed by atoms with E-state index in [1.54, 1.807) is 12.1 Å². The molecule has 3 aromatic rings. The molecule has 0 spiro atoms. The molecule has 3 rings (SSSR count). The van der Waals surface area contributed by atoms with E-state index in [4.69, 9.17) is 0 Å². The summed E-state index contributed by atoms with van der Waals surface area (Å²) in [7, 11) is 0. The van der Waals surface area contributed by atoms with Crippen molar-refractivity contribution < 1.29 is 9.59 Å². The second-order valence-electron chi connectivity index (χ2n) is 5.38. The van der Waals surface area contributed by atoms with Crippen LogP contribution < -0.4 is 5.32 Å². The highest BCUT2D eigenvalue weighted by Gasteiger charge is 2.15. The van der Waals surface area contributed by atoms with E-state index in [1.807, 2.05) is 24.3 Å². The van der Waals surface area contributed by atoms with Gasteiger partial charge in [-0.05, 0) is 44.2 Å². The van der Waals surface area contributed by atoms with E-state index in [-0.39, 0.29) is 11.6 Å². The molecule has 6 heteroatoms. The van der Waals surface area contributed by atoms with Crippen LogP contribution in [-0.2, 0) is 0 Å². The lowest BCUT2D eigenvalue weighted by atomic mass is 9.98. The fraction of sp³-hybridized carbons (Fsp3) is 0.111. The normalized spacial score (nSPS) is 10.6. The molecule has 2 aromatic carbocycles. The van der Waals surface area contributed by atoms with Gasteiger partial charge < -0.3 is 5.32 Å². The predicted octanol–water partition coefficient (Wildman–Crippen LogP) is 4.54. The second-order valence-corrected chi connectivity index (χ2v) is 6.30. The first-order valence-electron chi connectivity index (χ1n) is 7.29. The molecule has 0 atom stereocenters. The molecule has 0 saturated heterocycles. The highest BCUT2D eigenvalue weighted by atomic mass is 79.9. The minimum Gasteiger partial charge on any atom is -0.340 e. The summed E-state index contributed by atoms with van der Waals surface area (Å²) < 4.78 is 0.939. The standard InChI is InChI=1S/C18H14BrN3O2/c1-10(23)14-7-16-17(8-15(14)11(2)24)20-9-21-18(16)22-13-5-3-4-12(19)6-13/h3-9H,1-2H3,(H,20,21,22). The fourth-order valence-electron chi connectivity index (χ4n) is 2.49. The zero-order valence-electron chi connectivity index (χ0n) is 13.1. The number of rotatable bonds is 4. The number of hydrogen-bond acceptors (Lipinski definition) is 5. The highest BCUT2D eigenvalue weighted by Crippen LogP contribution is 2.27. The molecule has 1 heterocycles. The first-order valence-corrected chi connectivity index (χ1v) is 8.08. The summed E-state index contributed by atoms with van der Waals surface area (Å²) in [6.07, 6.45) is 1.43. The van der Waals surface area contributed by atoms with Crippen molar-refractivity contribution in [3.8, 4) is 0 Å². The zero-order chi connectivity index (χ0) is 17.3. The van der Waals surface area contributed by atoms with Gasteiger partial charge in [0.05, 0.1) is 5.52 Å². The highest BCUT2D eigenvalue weighted by molar-refractivity contribution is 9.10. The maximum Gasteiger partial charge on any atom is 0.160 e. The van der Waals surface area contributed by atoms with Crippen LogP contribution in [0.1, 0.15) is 34.6 Å². The number of carbonyl (C=O) groups is 2. The molecule has 0 aliphatic heterocycles. The van der Waals surface area contributed by atoms with Crippen LogP contribution >= 0.6 is 15.9 Å². The van der Waals surface area contributed by atoms with E-state index in [0.717, 1.165) is 10.2 Å². The quantitative estimate of drug-likeness (QED) is 0.669. The van der Waals surface area contributed by atoms with Crippen LogP contribution in [0.15, 0.2) is 47.2 Å². The largest absolute Gasteiger partial charge is 0.340 e. The van der Waals surface area contributed by atoms with Gasteiger partial charge in [-0.2, -0.15) is 0 Å². The SMILES string of the molecule is CC(=O)c1cc2ncnc(Nc3cccc(Br)c3)c2cc1C(C)=O. The Morgan fingerprint density at radius 3 is 2.38 bits per heavy atom. The third-order valence-electron chi connectivity index (χ3n) is 3.62. The number of Topliss-reactive ketones (excluding diaryl/α,β-unsaturated/α-hetero) is 2. The minimum atomic E-state index is -0.167. The van der Waals surface area contributed by atoms with Crippen LogP contribution in [0.2, 0.25) is 0 Å². The van der Waals surface area contributed by atoms with Gasteiger partial charge >= 0.3 is 0 Å². The van der Waals surface area contributed by atoms with Crippen LogP contribution in [0, 0.1) is 0 Å². The number of nitrogens with one attached hydrogen (secondary N) is 1. The van der Waals surface area contributed by atoms with Crippen molar-refractivity contribution in [2.24, 2.45) is 0 Å². The summed E-state index contributed by atoms with van der Waals surface area (Å²) in [4.78, 5) is 32.2. The van der Waals surface area contributed by atoms with Gasteiger partial charge in [0, 0.05) is 26.7 Å². The molecule has 0 aliphatic carbocycles. The molecule has 0 amide bonds. The van der Waals surface area contributed by atoms with Crippen molar-refractivity contribution in [1.29, 1.82) is 0 Å². The Balaban J connectivity index is 2.17. The second kappa shape index (κ2) is 6.49. The third kappa shape index (κ3) is 3.19. The molecule has 0 fully saturated rings. The van der Waals surface area contributed by atoms with Crippen molar-refractivity contribution in [1.82, 2.24) is 9.97 Å². The molecule has 0 radical (unpaired) electrons. The number of aromatic nitrogens is 2. The van der Waals surface area contributed by atoms with Gasteiger partial charge in [-0.25, -0.2) is 9.97 Å². The van der Waals surface area contributed by atoms with Gasteiger partial charge in [0.2, 0.25) is 0 Å². The van der Waals surface area contributed by atoms with Gasteiger partial charge in [0.25, 0.3) is 0 Å². The number of hydrogen-bond donors (Lipinski definition) is 1. The van der Waals surface area contributed by atoms with E-state index in [0.29, 0.717) is 27.8 Å². The van der Waals surface area contributed by atoms with E-state index in [9.17, 15) is 9.59 Å². The number of ketones is 2. The predicted molar refractivity (Wildman–Crippen MR) is 97.0 cm³/mol. The van der Waals surface area contributed by atoms with Crippen LogP contribution in [0.3, 0.4) is 0 Å². The molecule has 0 aliphatic rings. The number of carbonyl (C=O) groups excluding carboxylic acids is 2. The summed E-state index contributed by atoms with van der Waals surface area (Å²) in [6, 6.07) is 11.0. The number of nitrogens with zero attached hydrogens (tertiary/aromatic N) is 2. The summed E-state index contributed by atoms with van der Waals surface area (Å²) in [5.41, 5.74) is 2.21. The monoisotopic (exact) mass is 383 g/mol. The topological polar surface area (TPSA) is 72.0 Å². The van der Waals surface area contributed by atoms with Crippen LogP contribution in [-0.4, -0.2) is 21.5 Å². The average Bonchev–Trinajstić information content (AvgIpc) is 2.54. The molecular formula is C18H14BrN3O2. The Kier molecular flexibility index (Phi) is 4.40. The van der Waals surface area contributed by atoms with E-state index < -0.39 is 0 Å². The molecule has 24 heavy (non-hydrogen) atoms. The summed E-state index contributed by atoms with van der Waals surface area (Å²) in [6.45, 7) is 2.88. The summed E-state index contributed by atoms with van der Waals surface area (Å²) in [5.74, 6) is 0.247. The van der Waals surface area contributed by atoms with E-state index in [2.05, 4.69) is 31.2 Å². The number of fused-ring (bicyclic) bond motifs is 1. The molecule has 0 saturated carbocycles. The Morgan fingerprint density at radius 1 is 1.00 bits per heavy atom. The van der Waals surface area contributed by atoms with Crippen LogP contribution in [0.4, 0.5) is 11.5 Å². The van der Waals surface area contributed by atoms with Gasteiger partial charge in [0.15, 0.2) is 11.6 Å². The molecule has 1 N–H and O–H groups in total. The summed E-state index contributed by atoms with van der Waals surface area (Å²) in [5, 5.41) is 3.91. The number of halogens is 1. The molecular weight excluding hydrogens is 370 g/mol. The molecule has 1 aromatic heterocycles. The Hall–Kier alpha value is -2.60. The Bertz CT molecular complexity index is 970. The number of benzene rings is 2. The average molecular weight is 384 g/mol. The first-order chi connectivity index (χ1) is 11.5. The van der Waals surface area contributed by atoms with Crippen molar-refractivity contribution in [3.05, 3.63) is 58.3 Å². The molecule has 0 bridgehead atoms. The maximum atomic E-state index is 11.9. The third-order valence-corrected chi connectivity index (χ3v) is 4.11. The van der Waals surface area contributed by atoms with E-state index in [1.165, 1.54) is 20.2 Å². The first kappa shape index (κ1) is 16.3. The zero-order valence-corrected chi connectivity index (χ0v) is 14.7. The smallest absolute Gasteiger partial charge is 0.160 e. The summed E-state index contributed by atoms with van der Waals surface area (Å²) >= 11 is 3.43. The lowest BCUT2D eigenvalue weighted by molar-refractivity contribution is 0.0981.